The molecule has 0 aromatic heterocycles. The maximum atomic E-state index is 12.9. The number of halogens is 4. The maximum absolute atomic E-state index is 12.9. The molecule has 0 radical (unpaired) electrons. The van der Waals surface area contributed by atoms with Gasteiger partial charge in [0.1, 0.15) is 5.82 Å². The molecule has 10 heteroatoms. The Labute approximate surface area is 115 Å². The summed E-state index contributed by atoms with van der Waals surface area (Å²) in [5.74, 6) is -1.02. The Morgan fingerprint density at radius 3 is 2.70 bits per heavy atom. The van der Waals surface area contributed by atoms with Crippen molar-refractivity contribution in [2.24, 2.45) is 10.2 Å². The van der Waals surface area contributed by atoms with Gasteiger partial charge >= 0.3 is 6.98 Å². The molecule has 1 aromatic rings. The van der Waals surface area contributed by atoms with Crippen LogP contribution in [0.15, 0.2) is 28.4 Å². The van der Waals surface area contributed by atoms with Gasteiger partial charge in [-0.1, -0.05) is 29.4 Å². The van der Waals surface area contributed by atoms with Crippen molar-refractivity contribution in [3.05, 3.63) is 29.6 Å². The summed E-state index contributed by atoms with van der Waals surface area (Å²) in [6, 6.07) is 2.30. The molecule has 1 saturated heterocycles. The molecular formula is C10H7BF4N3OS-. The van der Waals surface area contributed by atoms with Crippen LogP contribution >= 0.6 is 11.8 Å². The number of thioether (sulfide) groups is 1. The fraction of sp³-hybridized carbons (Fsp3) is 0.100. The van der Waals surface area contributed by atoms with E-state index in [0.29, 0.717) is 6.07 Å². The molecule has 0 spiro atoms. The predicted octanol–water partition coefficient (Wildman–Crippen LogP) is 1.43. The molecule has 0 atom stereocenters. The summed E-state index contributed by atoms with van der Waals surface area (Å²) < 4.78 is 51.1. The van der Waals surface area contributed by atoms with Gasteiger partial charge in [-0.05, 0) is 11.6 Å². The predicted molar refractivity (Wildman–Crippen MR) is 70.7 cm³/mol. The van der Waals surface area contributed by atoms with Crippen LogP contribution in [0, 0.1) is 5.82 Å². The van der Waals surface area contributed by atoms with E-state index in [2.05, 4.69) is 15.5 Å². The number of nitrogens with one attached hydrogen (secondary N) is 1. The zero-order chi connectivity index (χ0) is 14.8. The molecule has 4 nitrogen and oxygen atoms in total. The molecule has 2 rings (SSSR count). The first-order chi connectivity index (χ1) is 9.36. The van der Waals surface area contributed by atoms with Crippen molar-refractivity contribution in [2.45, 2.75) is 0 Å². The first-order valence-corrected chi connectivity index (χ1v) is 6.38. The quantitative estimate of drug-likeness (QED) is 0.397. The number of hydrogen-bond donors (Lipinski definition) is 1. The molecule has 1 heterocycles. The standard InChI is InChI=1S/C10H7BF4N3OS/c12-7-2-1-6(8(3-7)11(13,14)15)4-16-18-10-17-9(19)5-20-10/h1-4H,5H2,(H,17,18,19)/q-1. The van der Waals surface area contributed by atoms with Crippen LogP contribution in [0.3, 0.4) is 0 Å². The third-order valence-corrected chi connectivity index (χ3v) is 3.20. The van der Waals surface area contributed by atoms with Crippen molar-refractivity contribution in [3.8, 4) is 0 Å². The lowest BCUT2D eigenvalue weighted by Crippen LogP contribution is -2.37. The summed E-state index contributed by atoms with van der Waals surface area (Å²) in [7, 11) is 0. The van der Waals surface area contributed by atoms with E-state index in [1.54, 1.807) is 0 Å². The van der Waals surface area contributed by atoms with Gasteiger partial charge in [0, 0.05) is 0 Å². The first kappa shape index (κ1) is 14.6. The van der Waals surface area contributed by atoms with Gasteiger partial charge in [0.2, 0.25) is 5.91 Å². The van der Waals surface area contributed by atoms with Gasteiger partial charge < -0.3 is 18.3 Å². The van der Waals surface area contributed by atoms with E-state index in [4.69, 9.17) is 0 Å². The Balaban J connectivity index is 2.23. The van der Waals surface area contributed by atoms with Crippen LogP contribution in [0.5, 0.6) is 0 Å². The fourth-order valence-corrected chi connectivity index (χ4v) is 2.10. The summed E-state index contributed by atoms with van der Waals surface area (Å²) in [6.07, 6.45) is 0.877. The lowest BCUT2D eigenvalue weighted by Gasteiger charge is -2.17. The molecule has 1 aliphatic heterocycles. The SMILES string of the molecule is O=C1CSC(=NN=Cc2ccc(F)cc2[B-](F)(F)F)N1. The third-order valence-electron chi connectivity index (χ3n) is 2.33. The topological polar surface area (TPSA) is 53.8 Å². The van der Waals surface area contributed by atoms with Crippen LogP contribution in [0.25, 0.3) is 0 Å². The minimum absolute atomic E-state index is 0.196. The summed E-state index contributed by atoms with van der Waals surface area (Å²) in [5, 5.41) is 9.65. The van der Waals surface area contributed by atoms with Gasteiger partial charge in [-0.3, -0.25) is 4.79 Å². The molecule has 1 N–H and O–H groups in total. The largest absolute Gasteiger partial charge is 0.510 e. The highest BCUT2D eigenvalue weighted by Gasteiger charge is 2.28. The van der Waals surface area contributed by atoms with E-state index in [1.807, 2.05) is 0 Å². The zero-order valence-corrected chi connectivity index (χ0v) is 10.6. The van der Waals surface area contributed by atoms with Crippen LogP contribution in [0.1, 0.15) is 5.56 Å². The minimum atomic E-state index is -5.35. The second-order valence-corrected chi connectivity index (χ2v) is 4.80. The molecule has 1 amide bonds. The number of benzene rings is 1. The molecule has 1 fully saturated rings. The number of carbonyl (C=O) groups is 1. The van der Waals surface area contributed by atoms with Crippen LogP contribution in [0.2, 0.25) is 0 Å². The lowest BCUT2D eigenvalue weighted by atomic mass is 9.77. The summed E-state index contributed by atoms with van der Waals surface area (Å²) in [5.41, 5.74) is -1.35. The Kier molecular flexibility index (Phi) is 4.12. The van der Waals surface area contributed by atoms with E-state index in [9.17, 15) is 22.1 Å². The van der Waals surface area contributed by atoms with Crippen molar-refractivity contribution in [2.75, 3.05) is 5.75 Å². The van der Waals surface area contributed by atoms with Crippen molar-refractivity contribution in [3.63, 3.8) is 0 Å². The average Bonchev–Trinajstić information content (AvgIpc) is 2.76. The number of rotatable bonds is 3. The van der Waals surface area contributed by atoms with Gasteiger partial charge in [-0.25, -0.2) is 4.39 Å². The second-order valence-electron chi connectivity index (χ2n) is 3.83. The van der Waals surface area contributed by atoms with Crippen LogP contribution in [0.4, 0.5) is 17.3 Å². The summed E-state index contributed by atoms with van der Waals surface area (Å²) in [4.78, 5) is 10.9. The molecule has 106 valence electrons. The molecule has 20 heavy (non-hydrogen) atoms. The van der Waals surface area contributed by atoms with Crippen molar-refractivity contribution in [1.29, 1.82) is 0 Å². The normalized spacial score (nSPS) is 18.0. The lowest BCUT2D eigenvalue weighted by molar-refractivity contribution is -0.116. The molecule has 0 aliphatic carbocycles. The van der Waals surface area contributed by atoms with E-state index >= 15 is 0 Å². The molecule has 1 aromatic carbocycles. The zero-order valence-electron chi connectivity index (χ0n) is 9.82. The fourth-order valence-electron chi connectivity index (χ4n) is 1.47. The minimum Gasteiger partial charge on any atom is -0.445 e. The summed E-state index contributed by atoms with van der Waals surface area (Å²) in [6.45, 7) is -5.35. The monoisotopic (exact) mass is 304 g/mol. The number of carbonyl (C=O) groups excluding carboxylic acids is 1. The maximum Gasteiger partial charge on any atom is 0.510 e. The van der Waals surface area contributed by atoms with E-state index in [0.717, 1.165) is 30.1 Å². The average molecular weight is 304 g/mol. The number of nitrogens with zero attached hydrogens (tertiary/aromatic N) is 2. The van der Waals surface area contributed by atoms with Crippen molar-refractivity contribution in [1.82, 2.24) is 5.32 Å². The Hall–Kier alpha value is -1.84. The van der Waals surface area contributed by atoms with Gasteiger partial charge in [0.15, 0.2) is 5.17 Å². The van der Waals surface area contributed by atoms with Gasteiger partial charge in [-0.2, -0.15) is 5.10 Å². The third kappa shape index (κ3) is 3.59. The van der Waals surface area contributed by atoms with E-state index < -0.39 is 18.3 Å². The highest BCUT2D eigenvalue weighted by atomic mass is 32.2. The highest BCUT2D eigenvalue weighted by Crippen LogP contribution is 2.13. The second kappa shape index (κ2) is 5.65. The van der Waals surface area contributed by atoms with Gasteiger partial charge in [0.25, 0.3) is 0 Å². The highest BCUT2D eigenvalue weighted by molar-refractivity contribution is 8.15. The molecule has 0 bridgehead atoms. The van der Waals surface area contributed by atoms with Crippen LogP contribution in [-0.2, 0) is 4.79 Å². The molecular weight excluding hydrogens is 297 g/mol. The molecule has 0 unspecified atom stereocenters. The van der Waals surface area contributed by atoms with Crippen LogP contribution < -0.4 is 10.8 Å². The van der Waals surface area contributed by atoms with Gasteiger partial charge in [0.05, 0.1) is 12.0 Å². The molecule has 0 saturated carbocycles. The number of amidine groups is 1. The van der Waals surface area contributed by atoms with E-state index in [-0.39, 0.29) is 22.4 Å². The van der Waals surface area contributed by atoms with Gasteiger partial charge in [-0.15, -0.1) is 5.10 Å². The number of hydrogen-bond acceptors (Lipinski definition) is 4. The Morgan fingerprint density at radius 1 is 1.35 bits per heavy atom. The Morgan fingerprint density at radius 2 is 2.10 bits per heavy atom. The smallest absolute Gasteiger partial charge is 0.445 e. The summed E-state index contributed by atoms with van der Waals surface area (Å²) >= 11 is 1.10. The van der Waals surface area contributed by atoms with Crippen molar-refractivity contribution >= 4 is 41.5 Å². The van der Waals surface area contributed by atoms with Crippen LogP contribution in [-0.4, -0.2) is 30.0 Å². The number of amides is 1. The molecule has 1 aliphatic rings. The van der Waals surface area contributed by atoms with Crippen molar-refractivity contribution < 1.29 is 22.1 Å². The Bertz CT molecular complexity index is 603. The van der Waals surface area contributed by atoms with E-state index in [1.165, 1.54) is 0 Å². The first-order valence-electron chi connectivity index (χ1n) is 5.39.